The molecule has 0 spiro atoms. The van der Waals surface area contributed by atoms with E-state index in [1.165, 1.54) is 22.3 Å². The first-order valence-electron chi connectivity index (χ1n) is 31.1. The second-order valence-electron chi connectivity index (χ2n) is 28.5. The van der Waals surface area contributed by atoms with Crippen molar-refractivity contribution in [1.82, 2.24) is 0 Å². The van der Waals surface area contributed by atoms with Gasteiger partial charge in [0.05, 0.1) is 22.2 Å². The predicted octanol–water partition coefficient (Wildman–Crippen LogP) is 23.9. The molecule has 11 aromatic carbocycles. The van der Waals surface area contributed by atoms with E-state index in [-0.39, 0.29) is 21.7 Å². The van der Waals surface area contributed by atoms with Crippen molar-refractivity contribution in [1.29, 1.82) is 0 Å². The van der Waals surface area contributed by atoms with Crippen molar-refractivity contribution < 1.29 is 13.3 Å². The maximum absolute atomic E-state index is 7.68. The zero-order chi connectivity index (χ0) is 60.8. The molecule has 0 saturated carbocycles. The van der Waals surface area contributed by atoms with Gasteiger partial charge >= 0.3 is 0 Å². The van der Waals surface area contributed by atoms with Gasteiger partial charge in [-0.15, -0.1) is 0 Å². The summed E-state index contributed by atoms with van der Waals surface area (Å²) in [6.07, 6.45) is 0. The van der Waals surface area contributed by atoms with E-state index in [1.807, 2.05) is 0 Å². The Morgan fingerprint density at radius 1 is 0.284 bits per heavy atom. The zero-order valence-electron chi connectivity index (χ0n) is 52.6. The van der Waals surface area contributed by atoms with Gasteiger partial charge in [0, 0.05) is 60.8 Å². The van der Waals surface area contributed by atoms with Crippen LogP contribution in [0.15, 0.2) is 244 Å². The molecule has 0 amide bonds. The molecule has 5 nitrogen and oxygen atoms in total. The quantitative estimate of drug-likeness (QED) is 0.152. The average molecular weight is 1150 g/mol. The highest BCUT2D eigenvalue weighted by molar-refractivity contribution is 6.26. The van der Waals surface area contributed by atoms with Gasteiger partial charge in [-0.25, -0.2) is 0 Å². The van der Waals surface area contributed by atoms with E-state index < -0.39 is 5.41 Å². The first-order valence-corrected chi connectivity index (χ1v) is 31.1. The Balaban J connectivity index is 1.17. The summed E-state index contributed by atoms with van der Waals surface area (Å²) in [4.78, 5) is 4.87. The maximum Gasteiger partial charge on any atom is 0.160 e. The first kappa shape index (κ1) is 55.0. The molecule has 0 aliphatic heterocycles. The summed E-state index contributed by atoms with van der Waals surface area (Å²) in [5, 5.41) is 6.28. The summed E-state index contributed by atoms with van der Waals surface area (Å²) in [6, 6.07) is 85.5. The molecular formula is C83H74N2O3. The van der Waals surface area contributed by atoms with E-state index in [4.69, 9.17) is 13.3 Å². The van der Waals surface area contributed by atoms with Crippen LogP contribution in [0.5, 0.6) is 0 Å². The Morgan fingerprint density at radius 3 is 1.20 bits per heavy atom. The number of fused-ring (bicyclic) bond motifs is 14. The molecule has 14 aromatic rings. The lowest BCUT2D eigenvalue weighted by Crippen LogP contribution is -2.29. The second-order valence-corrected chi connectivity index (χ2v) is 28.5. The smallest absolute Gasteiger partial charge is 0.160 e. The summed E-state index contributed by atoms with van der Waals surface area (Å²) in [5.74, 6) is 0. The Bertz CT molecular complexity index is 5030. The van der Waals surface area contributed by atoms with Gasteiger partial charge in [0.15, 0.2) is 5.58 Å². The minimum atomic E-state index is -1.03. The number of benzene rings is 11. The number of rotatable bonds is 8. The van der Waals surface area contributed by atoms with Gasteiger partial charge in [0.25, 0.3) is 0 Å². The van der Waals surface area contributed by atoms with E-state index in [1.54, 1.807) is 0 Å². The SMILES string of the molecule is CC(C)(C)c1ccc(N(c2ccccc2)c2cc3c(c4c2oc2ccccc24)-c2c(cc(N(c4ccccc4)c4ccc(C(C)(C)C)cc4)c4c2oc2ccccc24)C3(c2ccc(C(C)(C)C)cc2)c2ccc3oc4ccc(C(C)(C)C)cc4c3c2)cc1. The number of anilines is 6. The van der Waals surface area contributed by atoms with Crippen LogP contribution in [0, 0.1) is 0 Å². The molecule has 15 rings (SSSR count). The van der Waals surface area contributed by atoms with Gasteiger partial charge in [0.2, 0.25) is 0 Å². The first-order chi connectivity index (χ1) is 42.2. The molecule has 0 saturated heterocycles. The molecule has 88 heavy (non-hydrogen) atoms. The van der Waals surface area contributed by atoms with Gasteiger partial charge in [0.1, 0.15) is 27.9 Å². The molecule has 3 aromatic heterocycles. The lowest BCUT2D eigenvalue weighted by Gasteiger charge is -2.36. The standard InChI is InChI=1S/C83H74N2O3/c1-79(2,3)51-31-33-54(34-32-51)83(56-40-46-72-64(48-56)63-47-55(82(10,11)12)39-45-71(63)86-72)65-50-68(85(58-25-17-14-18-26-58)60-43-37-53(38-44-60)81(7,8)9)77-74(62-28-20-22-30-70(62)87-77)75(65)76-66(83)49-67(73-61-27-19-21-29-69(61)88-78(73)76)84(57-23-15-13-16-24-57)59-41-35-52(36-42-59)80(4,5)6/h13-50H,1-12H3. The average Bonchev–Trinajstić information content (AvgIpc) is 1.50. The molecular weight excluding hydrogens is 1070 g/mol. The minimum absolute atomic E-state index is 0.0469. The van der Waals surface area contributed by atoms with E-state index in [9.17, 15) is 0 Å². The third kappa shape index (κ3) is 8.63. The van der Waals surface area contributed by atoms with Crippen LogP contribution >= 0.6 is 0 Å². The molecule has 1 unspecified atom stereocenters. The molecule has 1 aliphatic carbocycles. The highest BCUT2D eigenvalue weighted by Crippen LogP contribution is 2.65. The van der Waals surface area contributed by atoms with Crippen molar-refractivity contribution in [2.75, 3.05) is 9.80 Å². The second kappa shape index (κ2) is 19.7. The minimum Gasteiger partial charge on any atom is -0.456 e. The number of hydrogen-bond donors (Lipinski definition) is 0. The number of furan rings is 3. The van der Waals surface area contributed by atoms with E-state index in [0.717, 1.165) is 133 Å². The largest absolute Gasteiger partial charge is 0.456 e. The predicted molar refractivity (Wildman–Crippen MR) is 370 cm³/mol. The molecule has 1 atom stereocenters. The summed E-state index contributed by atoms with van der Waals surface area (Å²) in [5.41, 5.74) is 21.3. The van der Waals surface area contributed by atoms with Crippen molar-refractivity contribution in [2.24, 2.45) is 0 Å². The van der Waals surface area contributed by atoms with Gasteiger partial charge < -0.3 is 23.1 Å². The van der Waals surface area contributed by atoms with Crippen LogP contribution in [0.25, 0.3) is 76.9 Å². The molecule has 434 valence electrons. The monoisotopic (exact) mass is 1150 g/mol. The number of nitrogens with zero attached hydrogens (tertiary/aromatic N) is 2. The molecule has 3 heterocycles. The fourth-order valence-corrected chi connectivity index (χ4v) is 14.1. The van der Waals surface area contributed by atoms with Crippen LogP contribution in [0.1, 0.15) is 128 Å². The molecule has 1 aliphatic rings. The molecule has 0 bridgehead atoms. The normalized spacial score (nSPS) is 14.6. The van der Waals surface area contributed by atoms with Gasteiger partial charge in [-0.3, -0.25) is 0 Å². The van der Waals surface area contributed by atoms with E-state index in [2.05, 4.69) is 323 Å². The van der Waals surface area contributed by atoms with Crippen molar-refractivity contribution in [3.05, 3.63) is 275 Å². The lowest BCUT2D eigenvalue weighted by atomic mass is 9.66. The van der Waals surface area contributed by atoms with Crippen LogP contribution in [0.3, 0.4) is 0 Å². The van der Waals surface area contributed by atoms with Crippen molar-refractivity contribution in [2.45, 2.75) is 110 Å². The fourth-order valence-electron chi connectivity index (χ4n) is 14.1. The Labute approximate surface area is 516 Å². The lowest BCUT2D eigenvalue weighted by molar-refractivity contribution is 0.589. The van der Waals surface area contributed by atoms with Gasteiger partial charge in [-0.2, -0.15) is 0 Å². The van der Waals surface area contributed by atoms with Crippen LogP contribution in [0.2, 0.25) is 0 Å². The van der Waals surface area contributed by atoms with Crippen LogP contribution in [0.4, 0.5) is 34.1 Å². The van der Waals surface area contributed by atoms with Crippen molar-refractivity contribution in [3.63, 3.8) is 0 Å². The van der Waals surface area contributed by atoms with Crippen molar-refractivity contribution >= 4 is 99.9 Å². The highest BCUT2D eigenvalue weighted by Gasteiger charge is 2.51. The molecule has 5 heteroatoms. The zero-order valence-corrected chi connectivity index (χ0v) is 52.6. The third-order valence-electron chi connectivity index (χ3n) is 18.8. The van der Waals surface area contributed by atoms with Crippen molar-refractivity contribution in [3.8, 4) is 11.1 Å². The molecule has 0 fully saturated rings. The van der Waals surface area contributed by atoms with Crippen LogP contribution in [-0.2, 0) is 27.1 Å². The Hall–Kier alpha value is -9.58. The van der Waals surface area contributed by atoms with E-state index >= 15 is 0 Å². The number of hydrogen-bond acceptors (Lipinski definition) is 5. The molecule has 0 radical (unpaired) electrons. The molecule has 0 N–H and O–H groups in total. The Morgan fingerprint density at radius 2 is 0.670 bits per heavy atom. The highest BCUT2D eigenvalue weighted by atomic mass is 16.3. The van der Waals surface area contributed by atoms with E-state index in [0.29, 0.717) is 0 Å². The topological polar surface area (TPSA) is 45.9 Å². The summed E-state index contributed by atoms with van der Waals surface area (Å²) >= 11 is 0. The third-order valence-corrected chi connectivity index (χ3v) is 18.8. The van der Waals surface area contributed by atoms with Crippen LogP contribution in [-0.4, -0.2) is 0 Å². The van der Waals surface area contributed by atoms with Gasteiger partial charge in [-0.1, -0.05) is 217 Å². The summed E-state index contributed by atoms with van der Waals surface area (Å²) in [7, 11) is 0. The van der Waals surface area contributed by atoms with Crippen LogP contribution < -0.4 is 9.80 Å². The summed E-state index contributed by atoms with van der Waals surface area (Å²) < 4.78 is 22.0. The number of para-hydroxylation sites is 4. The summed E-state index contributed by atoms with van der Waals surface area (Å²) in [6.45, 7) is 27.4. The Kier molecular flexibility index (Phi) is 12.3. The fraction of sp³-hybridized carbons (Fsp3) is 0.205. The maximum atomic E-state index is 7.68. The van der Waals surface area contributed by atoms with Gasteiger partial charge in [-0.05, 0) is 163 Å².